The van der Waals surface area contributed by atoms with Crippen LogP contribution in [0.25, 0.3) is 0 Å². The Morgan fingerprint density at radius 3 is 0.194 bits per heavy atom. The first-order chi connectivity index (χ1) is 12.0. The van der Waals surface area contributed by atoms with E-state index in [1.54, 1.807) is 0 Å². The van der Waals surface area contributed by atoms with Gasteiger partial charge in [-0.05, 0) is 0 Å². The van der Waals surface area contributed by atoms with Crippen LogP contribution in [0.1, 0.15) is 0 Å². The molecule has 0 aromatic carbocycles. The van der Waals surface area contributed by atoms with Crippen LogP contribution in [0.5, 0.6) is 0 Å². The molecule has 0 unspecified atom stereocenters. The fraction of sp³-hybridized carbons (Fsp3) is 0. The molecule has 0 aromatic heterocycles. The average molecular weight is 1400 g/mol. The van der Waals surface area contributed by atoms with Gasteiger partial charge in [0.05, 0.1) is 0 Å². The number of rotatable bonds is 0. The van der Waals surface area contributed by atoms with Crippen molar-refractivity contribution in [1.82, 2.24) is 0 Å². The Hall–Kier alpha value is 8.65. The molecule has 0 aliphatic heterocycles. The Kier molecular flexibility index (Phi) is 88.3. The fourth-order valence-electron chi connectivity index (χ4n) is 0. The number of hydrogen-bond acceptors (Lipinski definition) is 24. The Labute approximate surface area is 447 Å². The topological polar surface area (TPSA) is 482 Å². The maximum absolute atomic E-state index is 8.52. The van der Waals surface area contributed by atoms with Crippen LogP contribution in [0.2, 0.25) is 0 Å². The van der Waals surface area contributed by atoms with Crippen LogP contribution in [0.3, 0.4) is 0 Å². The molecule has 0 aliphatic rings. The van der Waals surface area contributed by atoms with Gasteiger partial charge in [-0.2, -0.15) is 0 Å². The summed E-state index contributed by atoms with van der Waals surface area (Å²) in [6.45, 7) is 0. The normalized spacial score (nSPS) is 9.67. The van der Waals surface area contributed by atoms with E-state index in [9.17, 15) is 0 Å². The minimum atomic E-state index is -5.17. The van der Waals surface area contributed by atoms with E-state index in [1.807, 2.05) is 0 Å². The van der Waals surface area contributed by atoms with E-state index in [4.69, 9.17) is 105 Å². The van der Waals surface area contributed by atoms with E-state index in [0.29, 0.717) is 0 Å². The summed E-state index contributed by atoms with van der Waals surface area (Å²) in [5.41, 5.74) is 0. The summed E-state index contributed by atoms with van der Waals surface area (Å²) in [7, 11) is -31.0. The van der Waals surface area contributed by atoms with Crippen molar-refractivity contribution in [2.75, 3.05) is 0 Å². The SMILES string of the molecule is O=S(=O)([O-])[O-].O=S(=O)([O-])[O-].O=S(=O)([O-])[O-].O=S(=O)([O-])[O-].O=S(=O)([O-])[O-].O=S(=O)([O-])[O-].[Ba+2].[Ba+2].[Ba+2].[Ba+2].[Ba+2].[Ba+2]. The minimum Gasteiger partial charge on any atom is -0.759 e. The van der Waals surface area contributed by atoms with Crippen LogP contribution in [-0.4, -0.2) is 398 Å². The molecule has 0 saturated carbocycles. The number of hydrogen-bond donors (Lipinski definition) is 0. The average Bonchev–Trinajstić information content (AvgIpc) is 1.94. The third kappa shape index (κ3) is 989. The molecule has 0 rings (SSSR count). The van der Waals surface area contributed by atoms with E-state index >= 15 is 0 Å². The predicted octanol–water partition coefficient (Wildman–Crippen LogP) is -10.3. The van der Waals surface area contributed by atoms with Crippen molar-refractivity contribution in [1.29, 1.82) is 0 Å². The molecular weight excluding hydrogens is 1400 g/mol. The first kappa shape index (κ1) is 79.8. The molecule has 36 heteroatoms. The van der Waals surface area contributed by atoms with Crippen molar-refractivity contribution < 1.29 is 105 Å². The first-order valence-corrected chi connectivity index (χ1v) is 12.0. The molecule has 0 radical (unpaired) electrons. The molecule has 0 spiro atoms. The van der Waals surface area contributed by atoms with Crippen molar-refractivity contribution in [3.05, 3.63) is 0 Å². The third-order valence-corrected chi connectivity index (χ3v) is 0. The van der Waals surface area contributed by atoms with E-state index in [0.717, 1.165) is 0 Å². The standard InChI is InChI=1S/6Ba.6H2O4S/c;;;;;;6*1-5(2,3)4/h;;;;;;6*(H2,1,2,3,4)/q6*+2;;;;;;/p-12. The van der Waals surface area contributed by atoms with Crippen LogP contribution < -0.4 is 0 Å². The Morgan fingerprint density at radius 1 is 0.194 bits per heavy atom. The maximum atomic E-state index is 8.52. The van der Waals surface area contributed by atoms with Gasteiger partial charge < -0.3 is 54.6 Å². The van der Waals surface area contributed by atoms with Crippen LogP contribution in [0.4, 0.5) is 0 Å². The third-order valence-electron chi connectivity index (χ3n) is 0. The first-order valence-electron chi connectivity index (χ1n) is 4.00. The van der Waals surface area contributed by atoms with Crippen molar-refractivity contribution >= 4 is 356 Å². The quantitative estimate of drug-likeness (QED) is 0.123. The smallest absolute Gasteiger partial charge is 0.759 e. The zero-order valence-corrected chi connectivity index (χ0v) is 48.0. The Morgan fingerprint density at radius 2 is 0.194 bits per heavy atom. The maximum Gasteiger partial charge on any atom is 2.00 e. The Balaban J connectivity index is -0.0000000186. The summed E-state index contributed by atoms with van der Waals surface area (Å²) in [6, 6.07) is 0. The molecule has 0 aliphatic carbocycles. The summed E-state index contributed by atoms with van der Waals surface area (Å²) in [6.07, 6.45) is 0. The van der Waals surface area contributed by atoms with Crippen LogP contribution in [0.15, 0.2) is 0 Å². The van der Waals surface area contributed by atoms with E-state index < -0.39 is 62.4 Å². The largest absolute Gasteiger partial charge is 2.00 e. The van der Waals surface area contributed by atoms with Gasteiger partial charge in [0.15, 0.2) is 0 Å². The molecule has 0 atom stereocenters. The van der Waals surface area contributed by atoms with Crippen molar-refractivity contribution in [2.45, 2.75) is 0 Å². The molecule has 24 nitrogen and oxygen atoms in total. The van der Waals surface area contributed by atoms with E-state index in [2.05, 4.69) is 0 Å². The Bertz CT molecular complexity index is 777. The van der Waals surface area contributed by atoms with Gasteiger partial charge in [-0.15, -0.1) is 0 Å². The molecular formula is Ba6O24S6. The second-order valence-corrected chi connectivity index (χ2v) is 7.35. The molecule has 0 heterocycles. The van der Waals surface area contributed by atoms with Crippen LogP contribution in [-0.2, 0) is 62.4 Å². The van der Waals surface area contributed by atoms with Gasteiger partial charge >= 0.3 is 293 Å². The summed E-state index contributed by atoms with van der Waals surface area (Å²) in [5, 5.41) is 0. The summed E-state index contributed by atoms with van der Waals surface area (Å²) < 4.78 is 205. The molecule has 0 amide bonds. The fourth-order valence-corrected chi connectivity index (χ4v) is 0. The van der Waals surface area contributed by atoms with E-state index in [-0.39, 0.29) is 293 Å². The van der Waals surface area contributed by atoms with Gasteiger partial charge in [0.1, 0.15) is 0 Å². The molecule has 0 N–H and O–H groups in total. The van der Waals surface area contributed by atoms with Crippen molar-refractivity contribution in [3.8, 4) is 0 Å². The second-order valence-electron chi connectivity index (χ2n) is 2.45. The van der Waals surface area contributed by atoms with Crippen molar-refractivity contribution in [2.24, 2.45) is 0 Å². The van der Waals surface area contributed by atoms with Gasteiger partial charge in [0.2, 0.25) is 0 Å². The van der Waals surface area contributed by atoms with Gasteiger partial charge in [-0.1, -0.05) is 0 Å². The summed E-state index contributed by atoms with van der Waals surface area (Å²) in [5.74, 6) is 0. The zero-order valence-electron chi connectivity index (χ0n) is 16.5. The molecule has 0 aromatic rings. The summed E-state index contributed by atoms with van der Waals surface area (Å²) >= 11 is 0. The molecule has 36 heavy (non-hydrogen) atoms. The molecule has 0 bridgehead atoms. The molecule has 0 fully saturated rings. The second kappa shape index (κ2) is 39.8. The van der Waals surface area contributed by atoms with Crippen LogP contribution >= 0.6 is 0 Å². The van der Waals surface area contributed by atoms with Gasteiger partial charge in [-0.3, -0.25) is 50.5 Å². The van der Waals surface area contributed by atoms with Crippen LogP contribution in [0, 0.1) is 0 Å². The monoisotopic (exact) mass is 1400 g/mol. The predicted molar refractivity (Wildman–Crippen MR) is 97.4 cm³/mol. The summed E-state index contributed by atoms with van der Waals surface area (Å²) in [4.78, 5) is 0. The molecule has 0 saturated heterocycles. The minimum absolute atomic E-state index is 0. The van der Waals surface area contributed by atoms with E-state index in [1.165, 1.54) is 0 Å². The van der Waals surface area contributed by atoms with Gasteiger partial charge in [-0.25, -0.2) is 0 Å². The van der Waals surface area contributed by atoms with Crippen molar-refractivity contribution in [3.63, 3.8) is 0 Å². The molecule has 192 valence electrons. The van der Waals surface area contributed by atoms with Gasteiger partial charge in [0.25, 0.3) is 0 Å². The zero-order chi connectivity index (χ0) is 27.0. The van der Waals surface area contributed by atoms with Gasteiger partial charge in [0, 0.05) is 62.4 Å².